The second-order valence-corrected chi connectivity index (χ2v) is 4.51. The van der Waals surface area contributed by atoms with Gasteiger partial charge in [-0.25, -0.2) is 0 Å². The molecule has 0 aromatic heterocycles. The van der Waals surface area contributed by atoms with Crippen molar-refractivity contribution in [3.63, 3.8) is 0 Å². The van der Waals surface area contributed by atoms with Gasteiger partial charge in [0.2, 0.25) is 0 Å². The zero-order valence-corrected chi connectivity index (χ0v) is 11.2. The highest BCUT2D eigenvalue weighted by molar-refractivity contribution is 6.08. The average Bonchev–Trinajstić information content (AvgIpc) is 2.54. The Balaban J connectivity index is 2.01. The molecule has 1 N–H and O–H groups in total. The Kier molecular flexibility index (Phi) is 3.23. The largest absolute Gasteiger partial charge is 0.502 e. The van der Waals surface area contributed by atoms with Gasteiger partial charge in [-0.05, 0) is 24.3 Å². The van der Waals surface area contributed by atoms with Gasteiger partial charge in [-0.15, -0.1) is 0 Å². The van der Waals surface area contributed by atoms with Crippen LogP contribution in [0.15, 0.2) is 54.9 Å². The number of anilines is 1. The molecule has 1 amide bonds. The number of fused-ring (bicyclic) bond motifs is 1. The fourth-order valence-corrected chi connectivity index (χ4v) is 2.12. The van der Waals surface area contributed by atoms with E-state index in [1.807, 2.05) is 0 Å². The Bertz CT molecular complexity index is 800. The number of phenolic OH excluding ortho intramolecular Hbond substituents is 1. The molecule has 1 aliphatic heterocycles. The van der Waals surface area contributed by atoms with Crippen LogP contribution in [-0.2, 0) is 0 Å². The van der Waals surface area contributed by atoms with E-state index >= 15 is 0 Å². The lowest BCUT2D eigenvalue weighted by Gasteiger charge is -2.24. The first-order valence-electron chi connectivity index (χ1n) is 6.31. The Labute approximate surface area is 124 Å². The first-order valence-corrected chi connectivity index (χ1v) is 6.31. The van der Waals surface area contributed by atoms with Crippen molar-refractivity contribution in [2.45, 2.75) is 0 Å². The molecule has 0 bridgehead atoms. The highest BCUT2D eigenvalue weighted by atomic mass is 16.6. The summed E-state index contributed by atoms with van der Waals surface area (Å²) in [5.41, 5.74) is 0.105. The van der Waals surface area contributed by atoms with Crippen molar-refractivity contribution in [2.24, 2.45) is 0 Å². The molecule has 0 fully saturated rings. The topological polar surface area (TPSA) is 92.9 Å². The number of carbonyl (C=O) groups is 1. The number of hydrogen-bond donors (Lipinski definition) is 1. The molecule has 0 spiro atoms. The van der Waals surface area contributed by atoms with Crippen LogP contribution in [0.1, 0.15) is 10.4 Å². The van der Waals surface area contributed by atoms with E-state index in [4.69, 9.17) is 4.74 Å². The van der Waals surface area contributed by atoms with Crippen LogP contribution in [0.4, 0.5) is 11.4 Å². The lowest BCUT2D eigenvalue weighted by Crippen LogP contribution is -2.27. The number of nitro groups is 1. The molecule has 22 heavy (non-hydrogen) atoms. The summed E-state index contributed by atoms with van der Waals surface area (Å²) >= 11 is 0. The van der Waals surface area contributed by atoms with E-state index in [1.54, 1.807) is 24.3 Å². The summed E-state index contributed by atoms with van der Waals surface area (Å²) in [6.45, 7) is 0. The zero-order valence-electron chi connectivity index (χ0n) is 11.2. The van der Waals surface area contributed by atoms with Gasteiger partial charge in [0.1, 0.15) is 6.26 Å². The molecule has 0 radical (unpaired) electrons. The first-order chi connectivity index (χ1) is 10.6. The number of benzene rings is 2. The van der Waals surface area contributed by atoms with Gasteiger partial charge >= 0.3 is 5.69 Å². The van der Waals surface area contributed by atoms with Crippen LogP contribution < -0.4 is 9.64 Å². The molecule has 0 unspecified atom stereocenters. The normalized spacial score (nSPS) is 12.5. The van der Waals surface area contributed by atoms with Crippen LogP contribution in [0.3, 0.4) is 0 Å². The quantitative estimate of drug-likeness (QED) is 0.679. The van der Waals surface area contributed by atoms with E-state index in [0.717, 1.165) is 12.1 Å². The van der Waals surface area contributed by atoms with Crippen LogP contribution in [0.25, 0.3) is 0 Å². The summed E-state index contributed by atoms with van der Waals surface area (Å²) < 4.78 is 5.30. The number of nitro benzene ring substituents is 1. The molecule has 1 heterocycles. The van der Waals surface area contributed by atoms with E-state index in [9.17, 15) is 20.0 Å². The van der Waals surface area contributed by atoms with Crippen molar-refractivity contribution in [1.29, 1.82) is 0 Å². The Morgan fingerprint density at radius 1 is 1.23 bits per heavy atom. The average molecular weight is 298 g/mol. The fraction of sp³-hybridized carbons (Fsp3) is 0. The number of nitrogens with zero attached hydrogens (tertiary/aromatic N) is 2. The highest BCUT2D eigenvalue weighted by Gasteiger charge is 2.24. The van der Waals surface area contributed by atoms with Gasteiger partial charge in [0.05, 0.1) is 10.6 Å². The monoisotopic (exact) mass is 298 g/mol. The van der Waals surface area contributed by atoms with Crippen molar-refractivity contribution in [2.75, 3.05) is 4.90 Å². The maximum Gasteiger partial charge on any atom is 0.311 e. The number of amides is 1. The van der Waals surface area contributed by atoms with Crippen LogP contribution in [0.5, 0.6) is 11.5 Å². The van der Waals surface area contributed by atoms with E-state index < -0.39 is 22.3 Å². The fourth-order valence-electron chi connectivity index (χ4n) is 2.12. The third kappa shape index (κ3) is 2.24. The zero-order chi connectivity index (χ0) is 15.7. The molecule has 0 atom stereocenters. The van der Waals surface area contributed by atoms with Gasteiger partial charge in [0.25, 0.3) is 5.91 Å². The molecule has 2 aromatic rings. The van der Waals surface area contributed by atoms with Crippen LogP contribution in [-0.4, -0.2) is 15.9 Å². The number of hydrogen-bond acceptors (Lipinski definition) is 5. The molecule has 1 aliphatic rings. The van der Waals surface area contributed by atoms with Gasteiger partial charge in [-0.3, -0.25) is 19.8 Å². The maximum absolute atomic E-state index is 12.6. The minimum Gasteiger partial charge on any atom is -0.502 e. The van der Waals surface area contributed by atoms with Crippen LogP contribution in [0, 0.1) is 10.1 Å². The number of para-hydroxylation sites is 2. The van der Waals surface area contributed by atoms with Crippen LogP contribution >= 0.6 is 0 Å². The predicted octanol–water partition coefficient (Wildman–Crippen LogP) is 2.81. The lowest BCUT2D eigenvalue weighted by atomic mass is 10.1. The second kappa shape index (κ2) is 5.21. The summed E-state index contributed by atoms with van der Waals surface area (Å²) in [5, 5.41) is 20.3. The predicted molar refractivity (Wildman–Crippen MR) is 77.8 cm³/mol. The van der Waals surface area contributed by atoms with Crippen molar-refractivity contribution < 1.29 is 19.6 Å². The molecular formula is C15H10N2O5. The molecule has 0 saturated carbocycles. The summed E-state index contributed by atoms with van der Waals surface area (Å²) in [4.78, 5) is 24.0. The second-order valence-electron chi connectivity index (χ2n) is 4.51. The summed E-state index contributed by atoms with van der Waals surface area (Å²) in [6, 6.07) is 10.4. The molecule has 7 nitrogen and oxygen atoms in total. The smallest absolute Gasteiger partial charge is 0.311 e. The number of ether oxygens (including phenoxy) is 1. The van der Waals surface area contributed by atoms with E-state index in [2.05, 4.69) is 0 Å². The summed E-state index contributed by atoms with van der Waals surface area (Å²) in [7, 11) is 0. The third-order valence-corrected chi connectivity index (χ3v) is 3.17. The molecule has 2 aromatic carbocycles. The van der Waals surface area contributed by atoms with Gasteiger partial charge in [-0.1, -0.05) is 12.1 Å². The molecule has 7 heteroatoms. The number of aromatic hydroxyl groups is 1. The maximum atomic E-state index is 12.6. The van der Waals surface area contributed by atoms with Gasteiger partial charge in [-0.2, -0.15) is 0 Å². The third-order valence-electron chi connectivity index (χ3n) is 3.17. The number of phenols is 1. The van der Waals surface area contributed by atoms with Gasteiger partial charge in [0, 0.05) is 17.8 Å². The Morgan fingerprint density at radius 2 is 2.00 bits per heavy atom. The van der Waals surface area contributed by atoms with E-state index in [1.165, 1.54) is 23.4 Å². The van der Waals surface area contributed by atoms with Crippen LogP contribution in [0.2, 0.25) is 0 Å². The Morgan fingerprint density at radius 3 is 2.77 bits per heavy atom. The van der Waals surface area contributed by atoms with E-state index in [-0.39, 0.29) is 5.56 Å². The molecular weight excluding hydrogens is 288 g/mol. The Hall–Kier alpha value is -3.35. The van der Waals surface area contributed by atoms with E-state index in [0.29, 0.717) is 11.4 Å². The molecule has 110 valence electrons. The summed E-state index contributed by atoms with van der Waals surface area (Å²) in [5.74, 6) is -0.443. The van der Waals surface area contributed by atoms with Crippen molar-refractivity contribution in [3.8, 4) is 11.5 Å². The van der Waals surface area contributed by atoms with Crippen molar-refractivity contribution in [3.05, 3.63) is 70.6 Å². The summed E-state index contributed by atoms with van der Waals surface area (Å²) in [6.07, 6.45) is 2.79. The lowest BCUT2D eigenvalue weighted by molar-refractivity contribution is -0.385. The van der Waals surface area contributed by atoms with Crippen molar-refractivity contribution in [1.82, 2.24) is 0 Å². The standard InChI is InChI=1S/C15H10N2O5/c18-13-6-5-10(9-12(13)17(20)21)15(19)16-7-8-22-14-4-2-1-3-11(14)16/h1-9,18H. The molecule has 0 saturated heterocycles. The van der Waals surface area contributed by atoms with Crippen molar-refractivity contribution >= 4 is 17.3 Å². The molecule has 3 rings (SSSR count). The minimum atomic E-state index is -0.741. The highest BCUT2D eigenvalue weighted by Crippen LogP contribution is 2.33. The van der Waals surface area contributed by atoms with Gasteiger partial charge < -0.3 is 9.84 Å². The first kappa shape index (κ1) is 13.6. The number of carbonyl (C=O) groups excluding carboxylic acids is 1. The van der Waals surface area contributed by atoms with Gasteiger partial charge in [0.15, 0.2) is 11.5 Å². The minimum absolute atomic E-state index is 0.0888. The number of rotatable bonds is 2. The molecule has 0 aliphatic carbocycles. The SMILES string of the molecule is O=C(c1ccc(O)c([N+](=O)[O-])c1)N1C=COc2ccccc21.